The van der Waals surface area contributed by atoms with Crippen molar-refractivity contribution < 1.29 is 4.74 Å². The predicted molar refractivity (Wildman–Crippen MR) is 50.3 cm³/mol. The zero-order valence-corrected chi connectivity index (χ0v) is 7.71. The van der Waals surface area contributed by atoms with E-state index in [2.05, 4.69) is 0 Å². The lowest BCUT2D eigenvalue weighted by Crippen LogP contribution is -2.15. The molecular weight excluding hydrogens is 174 g/mol. The standard InChI is InChI=1S/C9H12ClNO/c1-12-6-9(11)7-3-2-4-8(10)5-7/h2-5,9H,6,11H2,1H3. The quantitative estimate of drug-likeness (QED) is 0.782. The van der Waals surface area contributed by atoms with E-state index in [1.165, 1.54) is 0 Å². The Labute approximate surface area is 77.3 Å². The van der Waals surface area contributed by atoms with Crippen LogP contribution in [0.3, 0.4) is 0 Å². The van der Waals surface area contributed by atoms with Gasteiger partial charge in [0.15, 0.2) is 0 Å². The Kier molecular flexibility index (Phi) is 3.53. The summed E-state index contributed by atoms with van der Waals surface area (Å²) in [5, 5.41) is 0.707. The van der Waals surface area contributed by atoms with Gasteiger partial charge in [-0.1, -0.05) is 23.7 Å². The first-order chi connectivity index (χ1) is 5.74. The average Bonchev–Trinajstić information content (AvgIpc) is 2.05. The molecule has 0 saturated carbocycles. The lowest BCUT2D eigenvalue weighted by atomic mass is 10.1. The van der Waals surface area contributed by atoms with Crippen LogP contribution >= 0.6 is 11.6 Å². The Morgan fingerprint density at radius 1 is 1.58 bits per heavy atom. The molecule has 0 bridgehead atoms. The molecule has 2 N–H and O–H groups in total. The topological polar surface area (TPSA) is 35.2 Å². The monoisotopic (exact) mass is 185 g/mol. The average molecular weight is 186 g/mol. The molecule has 0 heterocycles. The molecular formula is C9H12ClNO. The van der Waals surface area contributed by atoms with Gasteiger partial charge in [-0.3, -0.25) is 0 Å². The first kappa shape index (κ1) is 9.52. The van der Waals surface area contributed by atoms with Crippen LogP contribution in [-0.2, 0) is 4.74 Å². The number of benzene rings is 1. The molecule has 3 heteroatoms. The van der Waals surface area contributed by atoms with Crippen LogP contribution in [0, 0.1) is 0 Å². The maximum absolute atomic E-state index is 5.79. The van der Waals surface area contributed by atoms with E-state index in [1.54, 1.807) is 7.11 Å². The number of halogens is 1. The summed E-state index contributed by atoms with van der Waals surface area (Å²) >= 11 is 5.79. The third-order valence-corrected chi connectivity index (χ3v) is 1.86. The third-order valence-electron chi connectivity index (χ3n) is 1.62. The molecule has 0 aliphatic rings. The molecule has 12 heavy (non-hydrogen) atoms. The summed E-state index contributed by atoms with van der Waals surface area (Å²) in [6.45, 7) is 0.514. The van der Waals surface area contributed by atoms with Crippen molar-refractivity contribution in [3.8, 4) is 0 Å². The van der Waals surface area contributed by atoms with Crippen molar-refractivity contribution in [2.24, 2.45) is 5.73 Å². The van der Waals surface area contributed by atoms with E-state index in [4.69, 9.17) is 22.1 Å². The number of hydrogen-bond acceptors (Lipinski definition) is 2. The Morgan fingerprint density at radius 2 is 2.33 bits per heavy atom. The second-order valence-electron chi connectivity index (χ2n) is 2.62. The SMILES string of the molecule is COCC(N)c1cccc(Cl)c1. The minimum Gasteiger partial charge on any atom is -0.383 e. The van der Waals surface area contributed by atoms with Gasteiger partial charge in [0.05, 0.1) is 12.6 Å². The summed E-state index contributed by atoms with van der Waals surface area (Å²) in [4.78, 5) is 0. The van der Waals surface area contributed by atoms with Crippen LogP contribution in [0.25, 0.3) is 0 Å². The summed E-state index contributed by atoms with van der Waals surface area (Å²) in [7, 11) is 1.63. The molecule has 0 aliphatic carbocycles. The van der Waals surface area contributed by atoms with Crippen LogP contribution in [-0.4, -0.2) is 13.7 Å². The molecule has 0 aromatic heterocycles. The molecule has 1 atom stereocenters. The minimum atomic E-state index is -0.0892. The summed E-state index contributed by atoms with van der Waals surface area (Å²) < 4.78 is 4.93. The number of rotatable bonds is 3. The van der Waals surface area contributed by atoms with Crippen molar-refractivity contribution in [1.82, 2.24) is 0 Å². The van der Waals surface area contributed by atoms with Gasteiger partial charge in [-0.05, 0) is 17.7 Å². The molecule has 1 rings (SSSR count). The lowest BCUT2D eigenvalue weighted by molar-refractivity contribution is 0.181. The van der Waals surface area contributed by atoms with E-state index in [1.807, 2.05) is 24.3 Å². The fourth-order valence-electron chi connectivity index (χ4n) is 1.01. The Bertz CT molecular complexity index is 252. The van der Waals surface area contributed by atoms with Crippen molar-refractivity contribution in [3.63, 3.8) is 0 Å². The highest BCUT2D eigenvalue weighted by Crippen LogP contribution is 2.15. The summed E-state index contributed by atoms with van der Waals surface area (Å²) in [5.74, 6) is 0. The van der Waals surface area contributed by atoms with Gasteiger partial charge in [-0.15, -0.1) is 0 Å². The first-order valence-corrected chi connectivity index (χ1v) is 4.12. The molecule has 0 aliphatic heterocycles. The van der Waals surface area contributed by atoms with E-state index >= 15 is 0 Å². The second-order valence-corrected chi connectivity index (χ2v) is 3.05. The first-order valence-electron chi connectivity index (χ1n) is 3.74. The lowest BCUT2D eigenvalue weighted by Gasteiger charge is -2.10. The summed E-state index contributed by atoms with van der Waals surface area (Å²) in [6.07, 6.45) is 0. The highest BCUT2D eigenvalue weighted by molar-refractivity contribution is 6.30. The largest absolute Gasteiger partial charge is 0.383 e. The molecule has 0 saturated heterocycles. The molecule has 0 spiro atoms. The fraction of sp³-hybridized carbons (Fsp3) is 0.333. The van der Waals surface area contributed by atoms with Crippen molar-refractivity contribution >= 4 is 11.6 Å². The molecule has 1 aromatic carbocycles. The van der Waals surface area contributed by atoms with Crippen molar-refractivity contribution in [2.75, 3.05) is 13.7 Å². The van der Waals surface area contributed by atoms with Gasteiger partial charge in [0.2, 0.25) is 0 Å². The van der Waals surface area contributed by atoms with Crippen molar-refractivity contribution in [2.45, 2.75) is 6.04 Å². The van der Waals surface area contributed by atoms with Crippen molar-refractivity contribution in [1.29, 1.82) is 0 Å². The fourth-order valence-corrected chi connectivity index (χ4v) is 1.21. The molecule has 1 unspecified atom stereocenters. The van der Waals surface area contributed by atoms with Gasteiger partial charge in [-0.25, -0.2) is 0 Å². The van der Waals surface area contributed by atoms with E-state index in [0.717, 1.165) is 5.56 Å². The molecule has 2 nitrogen and oxygen atoms in total. The van der Waals surface area contributed by atoms with Gasteiger partial charge < -0.3 is 10.5 Å². The number of nitrogens with two attached hydrogens (primary N) is 1. The van der Waals surface area contributed by atoms with Crippen LogP contribution in [0.4, 0.5) is 0 Å². The van der Waals surface area contributed by atoms with Gasteiger partial charge in [0, 0.05) is 12.1 Å². The second kappa shape index (κ2) is 4.45. The van der Waals surface area contributed by atoms with Gasteiger partial charge in [0.25, 0.3) is 0 Å². The van der Waals surface area contributed by atoms with E-state index in [0.29, 0.717) is 11.6 Å². The molecule has 66 valence electrons. The normalized spacial score (nSPS) is 12.9. The number of methoxy groups -OCH3 is 1. The predicted octanol–water partition coefficient (Wildman–Crippen LogP) is 1.99. The summed E-state index contributed by atoms with van der Waals surface area (Å²) in [6, 6.07) is 7.41. The Hall–Kier alpha value is -0.570. The third kappa shape index (κ3) is 2.48. The smallest absolute Gasteiger partial charge is 0.0655 e. The van der Waals surface area contributed by atoms with Crippen LogP contribution in [0.2, 0.25) is 5.02 Å². The molecule has 0 amide bonds. The van der Waals surface area contributed by atoms with Crippen LogP contribution in [0.15, 0.2) is 24.3 Å². The van der Waals surface area contributed by atoms with Crippen LogP contribution in [0.5, 0.6) is 0 Å². The molecule has 1 aromatic rings. The molecule has 0 radical (unpaired) electrons. The molecule has 0 fully saturated rings. The minimum absolute atomic E-state index is 0.0892. The van der Waals surface area contributed by atoms with Crippen molar-refractivity contribution in [3.05, 3.63) is 34.9 Å². The maximum Gasteiger partial charge on any atom is 0.0655 e. The van der Waals surface area contributed by atoms with Crippen LogP contribution < -0.4 is 5.73 Å². The zero-order valence-electron chi connectivity index (χ0n) is 6.96. The van der Waals surface area contributed by atoms with Crippen LogP contribution in [0.1, 0.15) is 11.6 Å². The van der Waals surface area contributed by atoms with Gasteiger partial charge >= 0.3 is 0 Å². The zero-order chi connectivity index (χ0) is 8.97. The van der Waals surface area contributed by atoms with E-state index in [9.17, 15) is 0 Å². The highest BCUT2D eigenvalue weighted by atomic mass is 35.5. The number of hydrogen-bond donors (Lipinski definition) is 1. The summed E-state index contributed by atoms with van der Waals surface area (Å²) in [5.41, 5.74) is 6.79. The van der Waals surface area contributed by atoms with E-state index in [-0.39, 0.29) is 6.04 Å². The van der Waals surface area contributed by atoms with Gasteiger partial charge in [-0.2, -0.15) is 0 Å². The number of ether oxygens (including phenoxy) is 1. The van der Waals surface area contributed by atoms with Gasteiger partial charge in [0.1, 0.15) is 0 Å². The highest BCUT2D eigenvalue weighted by Gasteiger charge is 2.04. The Morgan fingerprint density at radius 3 is 2.92 bits per heavy atom. The van der Waals surface area contributed by atoms with E-state index < -0.39 is 0 Å². The Balaban J connectivity index is 2.73. The maximum atomic E-state index is 5.79.